The molecule has 2 bridgehead atoms. The number of nitro groups is 1. The number of imide groups is 1. The second-order valence-electron chi connectivity index (χ2n) is 6.19. The van der Waals surface area contributed by atoms with Crippen molar-refractivity contribution >= 4 is 17.5 Å². The molecule has 2 amide bonds. The van der Waals surface area contributed by atoms with E-state index >= 15 is 0 Å². The number of likely N-dealkylation sites (tertiary alicyclic amines) is 1. The minimum Gasteiger partial charge on any atom is -0.278 e. The highest BCUT2D eigenvalue weighted by Crippen LogP contribution is 2.52. The van der Waals surface area contributed by atoms with E-state index in [0.29, 0.717) is 0 Å². The van der Waals surface area contributed by atoms with E-state index in [1.165, 1.54) is 17.0 Å². The molecule has 0 spiro atoms. The highest BCUT2D eigenvalue weighted by atomic mass is 16.6. The fraction of sp³-hybridized carbons (Fsp3) is 0.375. The van der Waals surface area contributed by atoms with Gasteiger partial charge in [-0.25, -0.2) is 0 Å². The number of amides is 2. The van der Waals surface area contributed by atoms with Crippen molar-refractivity contribution in [2.24, 2.45) is 23.7 Å². The lowest BCUT2D eigenvalue weighted by molar-refractivity contribution is -0.384. The zero-order valence-electron chi connectivity index (χ0n) is 11.7. The van der Waals surface area contributed by atoms with E-state index in [1.54, 1.807) is 12.1 Å². The first-order valence-corrected chi connectivity index (χ1v) is 7.33. The van der Waals surface area contributed by atoms with Crippen molar-refractivity contribution < 1.29 is 14.5 Å². The van der Waals surface area contributed by atoms with Gasteiger partial charge in [-0.3, -0.25) is 24.6 Å². The zero-order chi connectivity index (χ0) is 15.4. The lowest BCUT2D eigenvalue weighted by Gasteiger charge is -2.17. The predicted octanol–water partition coefficient (Wildman–Crippen LogP) is 1.90. The lowest BCUT2D eigenvalue weighted by Crippen LogP contribution is -2.32. The van der Waals surface area contributed by atoms with Crippen LogP contribution in [0.5, 0.6) is 0 Å². The van der Waals surface area contributed by atoms with Crippen LogP contribution in [0.1, 0.15) is 12.0 Å². The Kier molecular flexibility index (Phi) is 2.69. The van der Waals surface area contributed by atoms with Crippen molar-refractivity contribution in [2.45, 2.75) is 13.0 Å². The molecule has 112 valence electrons. The number of nitrogens with zero attached hydrogens (tertiary/aromatic N) is 2. The highest BCUT2D eigenvalue weighted by Gasteiger charge is 2.59. The number of allylic oxidation sites excluding steroid dienone is 2. The van der Waals surface area contributed by atoms with Gasteiger partial charge in [0.05, 0.1) is 23.3 Å². The van der Waals surface area contributed by atoms with Gasteiger partial charge in [-0.1, -0.05) is 24.3 Å². The van der Waals surface area contributed by atoms with E-state index in [0.717, 1.165) is 12.0 Å². The number of hydrogen-bond donors (Lipinski definition) is 0. The monoisotopic (exact) mass is 298 g/mol. The zero-order valence-corrected chi connectivity index (χ0v) is 11.7. The first-order valence-electron chi connectivity index (χ1n) is 7.33. The molecule has 0 radical (unpaired) electrons. The molecule has 1 heterocycles. The molecule has 6 heteroatoms. The third kappa shape index (κ3) is 1.73. The molecule has 4 rings (SSSR count). The van der Waals surface area contributed by atoms with Gasteiger partial charge in [0.1, 0.15) is 0 Å². The summed E-state index contributed by atoms with van der Waals surface area (Å²) >= 11 is 0. The first kappa shape index (κ1) is 13.2. The molecule has 2 fully saturated rings. The van der Waals surface area contributed by atoms with E-state index in [9.17, 15) is 19.7 Å². The normalized spacial score (nSPS) is 31.9. The van der Waals surface area contributed by atoms with Crippen LogP contribution in [-0.2, 0) is 16.1 Å². The van der Waals surface area contributed by atoms with Crippen LogP contribution in [0.3, 0.4) is 0 Å². The molecule has 1 aromatic rings. The van der Waals surface area contributed by atoms with Crippen LogP contribution in [0.15, 0.2) is 36.4 Å². The Balaban J connectivity index is 1.56. The van der Waals surface area contributed by atoms with Gasteiger partial charge in [-0.15, -0.1) is 0 Å². The van der Waals surface area contributed by atoms with Crippen LogP contribution in [-0.4, -0.2) is 21.6 Å². The maximum atomic E-state index is 12.5. The molecule has 2 aliphatic carbocycles. The van der Waals surface area contributed by atoms with E-state index in [1.807, 2.05) is 0 Å². The summed E-state index contributed by atoms with van der Waals surface area (Å²) in [7, 11) is 0. The summed E-state index contributed by atoms with van der Waals surface area (Å²) in [5, 5.41) is 10.7. The molecular weight excluding hydrogens is 284 g/mol. The largest absolute Gasteiger partial charge is 0.278 e. The van der Waals surface area contributed by atoms with Crippen LogP contribution < -0.4 is 0 Å². The molecular formula is C16H14N2O4. The van der Waals surface area contributed by atoms with Crippen LogP contribution in [0, 0.1) is 33.8 Å². The topological polar surface area (TPSA) is 80.5 Å². The third-order valence-corrected chi connectivity index (χ3v) is 5.05. The summed E-state index contributed by atoms with van der Waals surface area (Å²) < 4.78 is 0. The molecule has 1 aliphatic heterocycles. The molecule has 1 saturated heterocycles. The maximum absolute atomic E-state index is 12.5. The van der Waals surface area contributed by atoms with Gasteiger partial charge in [0.2, 0.25) is 11.8 Å². The van der Waals surface area contributed by atoms with Crippen molar-refractivity contribution in [3.8, 4) is 0 Å². The third-order valence-electron chi connectivity index (χ3n) is 5.05. The Labute approximate surface area is 126 Å². The number of benzene rings is 1. The lowest BCUT2D eigenvalue weighted by atomic mass is 9.85. The number of hydrogen-bond acceptors (Lipinski definition) is 4. The van der Waals surface area contributed by atoms with Crippen molar-refractivity contribution in [1.82, 2.24) is 4.90 Å². The summed E-state index contributed by atoms with van der Waals surface area (Å²) in [5.74, 6) is -0.168. The van der Waals surface area contributed by atoms with Crippen molar-refractivity contribution in [1.29, 1.82) is 0 Å². The number of non-ortho nitro benzene ring substituents is 1. The average Bonchev–Trinajstić information content (AvgIpc) is 3.17. The minimum atomic E-state index is -0.469. The average molecular weight is 298 g/mol. The fourth-order valence-electron chi connectivity index (χ4n) is 4.03. The Morgan fingerprint density at radius 1 is 1.05 bits per heavy atom. The summed E-state index contributed by atoms with van der Waals surface area (Å²) in [4.78, 5) is 36.6. The number of fused-ring (bicyclic) bond motifs is 5. The van der Waals surface area contributed by atoms with Crippen molar-refractivity contribution in [2.75, 3.05) is 0 Å². The smallest absolute Gasteiger partial charge is 0.269 e. The van der Waals surface area contributed by atoms with Gasteiger partial charge in [-0.2, -0.15) is 0 Å². The predicted molar refractivity (Wildman–Crippen MR) is 76.4 cm³/mol. The Morgan fingerprint density at radius 3 is 2.09 bits per heavy atom. The fourth-order valence-corrected chi connectivity index (χ4v) is 4.03. The van der Waals surface area contributed by atoms with E-state index in [2.05, 4.69) is 12.2 Å². The van der Waals surface area contributed by atoms with E-state index in [4.69, 9.17) is 0 Å². The second kappa shape index (κ2) is 4.50. The van der Waals surface area contributed by atoms with Gasteiger partial charge in [0.25, 0.3) is 5.69 Å². The quantitative estimate of drug-likeness (QED) is 0.369. The van der Waals surface area contributed by atoms with Crippen molar-refractivity contribution in [3.05, 3.63) is 52.1 Å². The number of carbonyl (C=O) groups is 2. The van der Waals surface area contributed by atoms with Gasteiger partial charge in [0.15, 0.2) is 0 Å². The molecule has 1 aromatic carbocycles. The number of rotatable bonds is 3. The SMILES string of the molecule is O=C1[C@H]2[C@H](C(=O)N1Cc1ccc([N+](=O)[O-])cc1)[C@H]1C=C[C@H]2C1. The van der Waals surface area contributed by atoms with Gasteiger partial charge in [0, 0.05) is 12.1 Å². The Bertz CT molecular complexity index is 679. The first-order chi connectivity index (χ1) is 10.6. The molecule has 1 saturated carbocycles. The minimum absolute atomic E-state index is 0.00180. The summed E-state index contributed by atoms with van der Waals surface area (Å²) in [6, 6.07) is 5.98. The summed E-state index contributed by atoms with van der Waals surface area (Å²) in [6.07, 6.45) is 5.04. The van der Waals surface area contributed by atoms with E-state index in [-0.39, 0.29) is 47.7 Å². The van der Waals surface area contributed by atoms with E-state index < -0.39 is 4.92 Å². The molecule has 0 N–H and O–H groups in total. The Morgan fingerprint density at radius 2 is 1.59 bits per heavy atom. The Hall–Kier alpha value is -2.50. The molecule has 22 heavy (non-hydrogen) atoms. The standard InChI is InChI=1S/C16H14N2O4/c19-15-13-10-3-4-11(7-10)14(13)16(20)17(15)8-9-1-5-12(6-2-9)18(21)22/h1-6,10-11,13-14H,7-8H2/t10-,11-,13+,14+/m0/s1. The molecule has 3 aliphatic rings. The number of nitro benzene ring substituents is 1. The highest BCUT2D eigenvalue weighted by molar-refractivity contribution is 6.06. The summed E-state index contributed by atoms with van der Waals surface area (Å²) in [6.45, 7) is 0.197. The van der Waals surface area contributed by atoms with Gasteiger partial charge < -0.3 is 0 Å². The van der Waals surface area contributed by atoms with Crippen molar-refractivity contribution in [3.63, 3.8) is 0 Å². The second-order valence-corrected chi connectivity index (χ2v) is 6.19. The van der Waals surface area contributed by atoms with Crippen LogP contribution in [0.2, 0.25) is 0 Å². The van der Waals surface area contributed by atoms with Gasteiger partial charge >= 0.3 is 0 Å². The van der Waals surface area contributed by atoms with Crippen LogP contribution in [0.25, 0.3) is 0 Å². The molecule has 4 atom stereocenters. The van der Waals surface area contributed by atoms with Crippen LogP contribution >= 0.6 is 0 Å². The maximum Gasteiger partial charge on any atom is 0.269 e. The molecule has 0 unspecified atom stereocenters. The molecule has 6 nitrogen and oxygen atoms in total. The van der Waals surface area contributed by atoms with Gasteiger partial charge in [-0.05, 0) is 23.8 Å². The van der Waals surface area contributed by atoms with Crippen LogP contribution in [0.4, 0.5) is 5.69 Å². The molecule has 0 aromatic heterocycles. The summed E-state index contributed by atoms with van der Waals surface area (Å²) in [5.41, 5.74) is 0.731. The number of carbonyl (C=O) groups excluding carboxylic acids is 2.